The molecule has 1 fully saturated rings. The second-order valence-corrected chi connectivity index (χ2v) is 10.2. The van der Waals surface area contributed by atoms with Gasteiger partial charge in [0, 0.05) is 0 Å². The summed E-state index contributed by atoms with van der Waals surface area (Å²) in [5, 5.41) is -0.619. The van der Waals surface area contributed by atoms with Crippen LogP contribution in [-0.4, -0.2) is 31.4 Å². The minimum absolute atomic E-state index is 0.0636. The zero-order chi connectivity index (χ0) is 20.2. The number of rotatable bonds is 6. The van der Waals surface area contributed by atoms with Crippen molar-refractivity contribution < 1.29 is 21.6 Å². The summed E-state index contributed by atoms with van der Waals surface area (Å²) < 4.78 is 49.5. The molecule has 0 spiro atoms. The molecule has 1 aromatic rings. The molecular formula is C19H28N2O4S2. The highest BCUT2D eigenvalue weighted by Gasteiger charge is 2.54. The number of hydrogen-bond donors (Lipinski definition) is 1. The highest BCUT2D eigenvalue weighted by atomic mass is 32.2. The van der Waals surface area contributed by atoms with Crippen molar-refractivity contribution in [2.45, 2.75) is 81.8 Å². The molecule has 0 bridgehead atoms. The van der Waals surface area contributed by atoms with Gasteiger partial charge in [-0.15, -0.1) is 0 Å². The Morgan fingerprint density at radius 1 is 1.04 bits per heavy atom. The number of nitrogens with zero attached hydrogens (tertiary/aromatic N) is 2. The zero-order valence-electron chi connectivity index (χ0n) is 16.2. The van der Waals surface area contributed by atoms with Gasteiger partial charge in [-0.2, -0.15) is 4.79 Å². The van der Waals surface area contributed by atoms with Gasteiger partial charge in [-0.1, -0.05) is 46.1 Å². The smallest absolute Gasteiger partial charge is 0.360 e. The molecule has 0 saturated heterocycles. The van der Waals surface area contributed by atoms with Gasteiger partial charge in [0.05, 0.1) is 4.90 Å². The van der Waals surface area contributed by atoms with Gasteiger partial charge in [0.25, 0.3) is 9.84 Å². The van der Waals surface area contributed by atoms with E-state index in [1.165, 1.54) is 6.07 Å². The third kappa shape index (κ3) is 3.75. The van der Waals surface area contributed by atoms with E-state index in [2.05, 4.69) is 4.79 Å². The van der Waals surface area contributed by atoms with Crippen molar-refractivity contribution in [3.8, 4) is 0 Å². The van der Waals surface area contributed by atoms with E-state index in [0.29, 0.717) is 31.2 Å². The average Bonchev–Trinajstić information content (AvgIpc) is 2.67. The van der Waals surface area contributed by atoms with Crippen molar-refractivity contribution in [1.29, 1.82) is 0 Å². The highest BCUT2D eigenvalue weighted by molar-refractivity contribution is 8.07. The van der Waals surface area contributed by atoms with Crippen molar-refractivity contribution in [1.82, 2.24) is 0 Å². The lowest BCUT2D eigenvalue weighted by Crippen LogP contribution is -2.47. The van der Waals surface area contributed by atoms with Crippen LogP contribution in [0.2, 0.25) is 0 Å². The molecule has 0 heterocycles. The molecule has 0 amide bonds. The Morgan fingerprint density at radius 2 is 1.63 bits per heavy atom. The quantitative estimate of drug-likeness (QED) is 0.255. The molecule has 2 rings (SSSR count). The molecule has 1 aliphatic carbocycles. The maximum absolute atomic E-state index is 13.5. The topological polar surface area (TPSA) is 105 Å². The molecule has 1 aliphatic rings. The van der Waals surface area contributed by atoms with Crippen LogP contribution in [-0.2, 0) is 39.8 Å². The van der Waals surface area contributed by atoms with Crippen molar-refractivity contribution in [3.63, 3.8) is 0 Å². The van der Waals surface area contributed by atoms with Gasteiger partial charge in [-0.05, 0) is 54.9 Å². The van der Waals surface area contributed by atoms with Gasteiger partial charge in [-0.25, -0.2) is 16.8 Å². The van der Waals surface area contributed by atoms with E-state index in [1.54, 1.807) is 6.07 Å². The predicted molar refractivity (Wildman–Crippen MR) is 107 cm³/mol. The molecule has 8 heteroatoms. The Kier molecular flexibility index (Phi) is 7.00. The van der Waals surface area contributed by atoms with Crippen LogP contribution in [0.3, 0.4) is 0 Å². The Hall–Kier alpha value is -1.50. The van der Waals surface area contributed by atoms with Crippen LogP contribution in [0, 0.1) is 0 Å². The fourth-order valence-corrected chi connectivity index (χ4v) is 7.57. The fraction of sp³-hybridized carbons (Fsp3) is 0.632. The summed E-state index contributed by atoms with van der Waals surface area (Å²) in [6.45, 7) is 5.87. The van der Waals surface area contributed by atoms with E-state index in [-0.39, 0.29) is 17.7 Å². The van der Waals surface area contributed by atoms with Gasteiger partial charge in [0.1, 0.15) is 0 Å². The number of hydrogen-bond acceptors (Lipinski definition) is 4. The summed E-state index contributed by atoms with van der Waals surface area (Å²) in [5.41, 5.74) is 12.4. The van der Waals surface area contributed by atoms with Crippen LogP contribution in [0.4, 0.5) is 0 Å². The minimum Gasteiger partial charge on any atom is -0.360 e. The predicted octanol–water partition coefficient (Wildman–Crippen LogP) is 3.09. The molecule has 0 radical (unpaired) electrons. The maximum atomic E-state index is 13.5. The van der Waals surface area contributed by atoms with Crippen molar-refractivity contribution in [3.05, 3.63) is 34.4 Å². The maximum Gasteiger partial charge on any atom is 0.406 e. The Balaban J connectivity index is 2.75. The Morgan fingerprint density at radius 3 is 2.07 bits per heavy atom. The fourth-order valence-electron chi connectivity index (χ4n) is 4.24. The normalized spacial score (nSPS) is 16.9. The van der Waals surface area contributed by atoms with E-state index in [1.807, 2.05) is 20.8 Å². The van der Waals surface area contributed by atoms with Crippen LogP contribution >= 0.6 is 0 Å². The third-order valence-electron chi connectivity index (χ3n) is 5.64. The molecule has 1 saturated carbocycles. The van der Waals surface area contributed by atoms with Gasteiger partial charge >= 0.3 is 5.04 Å². The van der Waals surface area contributed by atoms with Gasteiger partial charge < -0.3 is 5.53 Å². The Bertz CT molecular complexity index is 929. The lowest BCUT2D eigenvalue weighted by Gasteiger charge is -2.27. The van der Waals surface area contributed by atoms with Gasteiger partial charge in [0.15, 0.2) is 15.5 Å². The first kappa shape index (κ1) is 21.8. The van der Waals surface area contributed by atoms with E-state index >= 15 is 0 Å². The lowest BCUT2D eigenvalue weighted by atomic mass is 9.89. The SMILES string of the molecule is CCc1ccc(S(=O)(=O)C(=[N+]=[N-])C2([SH](=O)=O)CCCCC2)c(CC)c1CC. The monoisotopic (exact) mass is 412 g/mol. The number of thiol groups is 1. The standard InChI is InChI=1S/C19H28N2O4S2/c1-4-14-10-11-17(16(6-3)15(14)5-2)27(24,25)18(21-20)19(26(22)23)12-8-7-9-13-19/h10-11,26H,4-9,12-13H2,1-3H3. The number of aryl methyl sites for hydroxylation is 1. The Labute approximate surface area is 163 Å². The molecule has 0 aliphatic heterocycles. The van der Waals surface area contributed by atoms with Crippen molar-refractivity contribution in [2.75, 3.05) is 0 Å². The molecule has 0 aromatic heterocycles. The van der Waals surface area contributed by atoms with Crippen LogP contribution < -0.4 is 0 Å². The molecule has 0 N–H and O–H groups in total. The van der Waals surface area contributed by atoms with E-state index in [9.17, 15) is 22.4 Å². The van der Waals surface area contributed by atoms with Crippen LogP contribution in [0.25, 0.3) is 5.53 Å². The van der Waals surface area contributed by atoms with E-state index < -0.39 is 30.3 Å². The highest BCUT2D eigenvalue weighted by Crippen LogP contribution is 2.37. The second kappa shape index (κ2) is 8.67. The first-order valence-electron chi connectivity index (χ1n) is 9.55. The van der Waals surface area contributed by atoms with Crippen molar-refractivity contribution >= 4 is 25.6 Å². The second-order valence-electron chi connectivity index (χ2n) is 7.00. The molecule has 27 heavy (non-hydrogen) atoms. The van der Waals surface area contributed by atoms with E-state index in [4.69, 9.17) is 0 Å². The summed E-state index contributed by atoms with van der Waals surface area (Å²) in [5.74, 6) is 0. The third-order valence-corrected chi connectivity index (χ3v) is 9.09. The summed E-state index contributed by atoms with van der Waals surface area (Å²) in [7, 11) is -7.35. The van der Waals surface area contributed by atoms with Gasteiger partial charge in [0.2, 0.25) is 0 Å². The largest absolute Gasteiger partial charge is 0.406 e. The minimum atomic E-state index is -4.24. The summed E-state index contributed by atoms with van der Waals surface area (Å²) >= 11 is 0. The average molecular weight is 413 g/mol. The van der Waals surface area contributed by atoms with Gasteiger partial charge in [-0.3, -0.25) is 0 Å². The van der Waals surface area contributed by atoms with E-state index in [0.717, 1.165) is 24.0 Å². The van der Waals surface area contributed by atoms with Crippen molar-refractivity contribution in [2.24, 2.45) is 0 Å². The molecule has 150 valence electrons. The lowest BCUT2D eigenvalue weighted by molar-refractivity contribution is -0.00740. The molecular weight excluding hydrogens is 384 g/mol. The number of benzene rings is 1. The summed E-state index contributed by atoms with van der Waals surface area (Å²) in [6, 6.07) is 3.32. The summed E-state index contributed by atoms with van der Waals surface area (Å²) in [6.07, 6.45) is 4.33. The molecule has 0 unspecified atom stereocenters. The van der Waals surface area contributed by atoms with Crippen LogP contribution in [0.15, 0.2) is 17.0 Å². The first-order valence-corrected chi connectivity index (χ1v) is 12.2. The molecule has 0 atom stereocenters. The number of sulfone groups is 1. The van der Waals surface area contributed by atoms with Crippen LogP contribution in [0.5, 0.6) is 0 Å². The zero-order valence-corrected chi connectivity index (χ0v) is 17.9. The molecule has 6 nitrogen and oxygen atoms in total. The van der Waals surface area contributed by atoms with Crippen LogP contribution in [0.1, 0.15) is 69.6 Å². The first-order chi connectivity index (χ1) is 12.8. The summed E-state index contributed by atoms with van der Waals surface area (Å²) in [4.78, 5) is 3.14. The molecule has 1 aromatic carbocycles.